The maximum atomic E-state index is 13.0. The van der Waals surface area contributed by atoms with Gasteiger partial charge in [0.1, 0.15) is 5.82 Å². The van der Waals surface area contributed by atoms with Crippen molar-refractivity contribution in [2.24, 2.45) is 0 Å². The van der Waals surface area contributed by atoms with Crippen molar-refractivity contribution < 1.29 is 19.2 Å². The Bertz CT molecular complexity index is 1020. The summed E-state index contributed by atoms with van der Waals surface area (Å²) in [6, 6.07) is 16.5. The third kappa shape index (κ3) is 4.73. The van der Waals surface area contributed by atoms with Crippen LogP contribution in [0.2, 0.25) is 0 Å². The van der Waals surface area contributed by atoms with E-state index >= 15 is 0 Å². The van der Waals surface area contributed by atoms with E-state index in [2.05, 4.69) is 5.32 Å². The van der Waals surface area contributed by atoms with E-state index in [9.17, 15) is 19.3 Å². The number of nitrogens with one attached hydrogen (secondary N) is 1. The molecule has 0 radical (unpaired) electrons. The van der Waals surface area contributed by atoms with E-state index in [1.807, 2.05) is 0 Å². The molecule has 0 saturated heterocycles. The second kappa shape index (κ2) is 8.64. The first-order valence-electron chi connectivity index (χ1n) is 8.19. The lowest BCUT2D eigenvalue weighted by Crippen LogP contribution is -2.12. The minimum absolute atomic E-state index is 0.129. The van der Waals surface area contributed by atoms with Crippen LogP contribution < -0.4 is 5.32 Å². The van der Waals surface area contributed by atoms with Gasteiger partial charge in [-0.15, -0.1) is 0 Å². The monoisotopic (exact) mass is 398 g/mol. The average molecular weight is 398 g/mol. The van der Waals surface area contributed by atoms with Gasteiger partial charge in [-0.3, -0.25) is 14.9 Å². The van der Waals surface area contributed by atoms with E-state index < -0.39 is 16.6 Å². The van der Waals surface area contributed by atoms with E-state index in [-0.39, 0.29) is 17.9 Å². The highest BCUT2D eigenvalue weighted by molar-refractivity contribution is 7.99. The van der Waals surface area contributed by atoms with Gasteiger partial charge in [0.15, 0.2) is 0 Å². The largest absolute Gasteiger partial charge is 0.392 e. The minimum Gasteiger partial charge on any atom is -0.392 e. The zero-order valence-corrected chi connectivity index (χ0v) is 15.3. The van der Waals surface area contributed by atoms with Crippen LogP contribution in [0.5, 0.6) is 0 Å². The van der Waals surface area contributed by atoms with Crippen molar-refractivity contribution in [2.45, 2.75) is 16.4 Å². The van der Waals surface area contributed by atoms with E-state index in [0.717, 1.165) is 11.8 Å². The Morgan fingerprint density at radius 2 is 1.86 bits per heavy atom. The van der Waals surface area contributed by atoms with Crippen molar-refractivity contribution >= 4 is 29.0 Å². The summed E-state index contributed by atoms with van der Waals surface area (Å²) in [6.07, 6.45) is 0. The topological polar surface area (TPSA) is 92.5 Å². The van der Waals surface area contributed by atoms with E-state index in [0.29, 0.717) is 21.0 Å². The van der Waals surface area contributed by atoms with E-state index in [4.69, 9.17) is 5.11 Å². The van der Waals surface area contributed by atoms with Crippen LogP contribution in [0, 0.1) is 15.9 Å². The smallest absolute Gasteiger partial charge is 0.284 e. The molecule has 3 aromatic rings. The second-order valence-electron chi connectivity index (χ2n) is 5.81. The first kappa shape index (κ1) is 19.5. The maximum absolute atomic E-state index is 13.0. The normalized spacial score (nSPS) is 10.5. The fourth-order valence-electron chi connectivity index (χ4n) is 2.47. The second-order valence-corrected chi connectivity index (χ2v) is 6.92. The van der Waals surface area contributed by atoms with Gasteiger partial charge in [0.2, 0.25) is 0 Å². The number of aliphatic hydroxyl groups is 1. The van der Waals surface area contributed by atoms with Gasteiger partial charge < -0.3 is 10.4 Å². The molecule has 1 amide bonds. The molecule has 0 unspecified atom stereocenters. The summed E-state index contributed by atoms with van der Waals surface area (Å²) in [6.45, 7) is -0.162. The number of rotatable bonds is 6. The molecule has 0 atom stereocenters. The summed E-state index contributed by atoms with van der Waals surface area (Å²) in [5.41, 5.74) is 1.02. The Labute approximate surface area is 164 Å². The van der Waals surface area contributed by atoms with E-state index in [1.165, 1.54) is 42.5 Å². The Morgan fingerprint density at radius 1 is 1.11 bits per heavy atom. The van der Waals surface area contributed by atoms with Gasteiger partial charge in [0.05, 0.1) is 16.4 Å². The highest BCUT2D eigenvalue weighted by Gasteiger charge is 2.19. The third-order valence-electron chi connectivity index (χ3n) is 3.83. The quantitative estimate of drug-likeness (QED) is 0.467. The highest BCUT2D eigenvalue weighted by atomic mass is 32.2. The minimum atomic E-state index is -0.560. The first-order chi connectivity index (χ1) is 13.5. The lowest BCUT2D eigenvalue weighted by atomic mass is 10.1. The molecular weight excluding hydrogens is 383 g/mol. The van der Waals surface area contributed by atoms with Gasteiger partial charge >= 0.3 is 0 Å². The Morgan fingerprint density at radius 3 is 2.54 bits per heavy atom. The van der Waals surface area contributed by atoms with Gasteiger partial charge in [-0.2, -0.15) is 0 Å². The third-order valence-corrected chi connectivity index (χ3v) is 4.90. The van der Waals surface area contributed by atoms with Crippen LogP contribution in [-0.2, 0) is 6.61 Å². The van der Waals surface area contributed by atoms with Gasteiger partial charge in [-0.25, -0.2) is 4.39 Å². The van der Waals surface area contributed by atoms with E-state index in [1.54, 1.807) is 24.3 Å². The molecule has 0 heterocycles. The molecule has 0 saturated carbocycles. The number of benzene rings is 3. The number of nitrogens with zero attached hydrogens (tertiary/aromatic N) is 1. The van der Waals surface area contributed by atoms with Gasteiger partial charge in [-0.1, -0.05) is 23.9 Å². The maximum Gasteiger partial charge on any atom is 0.284 e. The molecule has 3 aromatic carbocycles. The van der Waals surface area contributed by atoms with Gasteiger partial charge in [0.25, 0.3) is 11.6 Å². The standard InChI is InChI=1S/C20H15FN2O4S/c21-15-5-7-17(8-6-15)28-19-9-4-14(11-18(19)23(26)27)20(25)22-16-3-1-2-13(10-16)12-24/h1-11,24H,12H2,(H,22,25). The number of halogens is 1. The molecule has 6 nitrogen and oxygen atoms in total. The molecule has 2 N–H and O–H groups in total. The summed E-state index contributed by atoms with van der Waals surface area (Å²) in [5.74, 6) is -0.896. The first-order valence-corrected chi connectivity index (χ1v) is 9.01. The Kier molecular flexibility index (Phi) is 6.03. The molecule has 8 heteroatoms. The average Bonchev–Trinajstić information content (AvgIpc) is 2.70. The number of nitro groups is 1. The summed E-state index contributed by atoms with van der Waals surface area (Å²) in [4.78, 5) is 24.3. The van der Waals surface area contributed by atoms with Crippen molar-refractivity contribution in [1.82, 2.24) is 0 Å². The molecule has 142 valence electrons. The van der Waals surface area contributed by atoms with Crippen molar-refractivity contribution in [2.75, 3.05) is 5.32 Å². The van der Waals surface area contributed by atoms with Crippen molar-refractivity contribution in [3.05, 3.63) is 93.8 Å². The number of anilines is 1. The number of aliphatic hydroxyl groups excluding tert-OH is 1. The Hall–Kier alpha value is -3.23. The number of hydrogen-bond acceptors (Lipinski definition) is 5. The zero-order valence-electron chi connectivity index (χ0n) is 14.5. The van der Waals surface area contributed by atoms with Crippen LogP contribution >= 0.6 is 11.8 Å². The van der Waals surface area contributed by atoms with Crippen molar-refractivity contribution in [1.29, 1.82) is 0 Å². The van der Waals surface area contributed by atoms with Gasteiger partial charge in [0, 0.05) is 22.2 Å². The fraction of sp³-hybridized carbons (Fsp3) is 0.0500. The summed E-state index contributed by atoms with van der Waals surface area (Å²) in [5, 5.41) is 23.3. The lowest BCUT2D eigenvalue weighted by Gasteiger charge is -2.08. The predicted octanol–water partition coefficient (Wildman–Crippen LogP) is 4.63. The fourth-order valence-corrected chi connectivity index (χ4v) is 3.37. The molecule has 0 aromatic heterocycles. The molecule has 0 fully saturated rings. The molecule has 0 bridgehead atoms. The lowest BCUT2D eigenvalue weighted by molar-refractivity contribution is -0.387. The summed E-state index contributed by atoms with van der Waals surface area (Å²) >= 11 is 1.11. The van der Waals surface area contributed by atoms with Crippen LogP contribution in [0.3, 0.4) is 0 Å². The van der Waals surface area contributed by atoms with Crippen LogP contribution in [0.1, 0.15) is 15.9 Å². The predicted molar refractivity (Wildman–Crippen MR) is 104 cm³/mol. The summed E-state index contributed by atoms with van der Waals surface area (Å²) in [7, 11) is 0. The van der Waals surface area contributed by atoms with Gasteiger partial charge in [-0.05, 0) is 54.1 Å². The molecule has 3 rings (SSSR count). The van der Waals surface area contributed by atoms with Crippen molar-refractivity contribution in [3.8, 4) is 0 Å². The van der Waals surface area contributed by atoms with Crippen LogP contribution in [0.25, 0.3) is 0 Å². The molecule has 0 aliphatic heterocycles. The van der Waals surface area contributed by atoms with Crippen LogP contribution in [-0.4, -0.2) is 15.9 Å². The SMILES string of the molecule is O=C(Nc1cccc(CO)c1)c1ccc(Sc2ccc(F)cc2)c([N+](=O)[O-])c1. The number of hydrogen-bond donors (Lipinski definition) is 2. The number of amides is 1. The van der Waals surface area contributed by atoms with Crippen LogP contribution in [0.15, 0.2) is 76.5 Å². The summed E-state index contributed by atoms with van der Waals surface area (Å²) < 4.78 is 13.0. The molecule has 28 heavy (non-hydrogen) atoms. The molecule has 0 spiro atoms. The number of carbonyl (C=O) groups excluding carboxylic acids is 1. The molecular formula is C20H15FN2O4S. The molecule has 0 aliphatic carbocycles. The zero-order chi connectivity index (χ0) is 20.1. The molecule has 0 aliphatic rings. The highest BCUT2D eigenvalue weighted by Crippen LogP contribution is 2.35. The number of carbonyl (C=O) groups is 1. The Balaban J connectivity index is 1.84. The number of nitro benzene ring substituents is 1. The van der Waals surface area contributed by atoms with Crippen molar-refractivity contribution in [3.63, 3.8) is 0 Å². The van der Waals surface area contributed by atoms with Crippen LogP contribution in [0.4, 0.5) is 15.8 Å².